The first kappa shape index (κ1) is 15.1. The van der Waals surface area contributed by atoms with Crippen molar-refractivity contribution in [2.45, 2.75) is 10.1 Å². The molecule has 22 heavy (non-hydrogen) atoms. The van der Waals surface area contributed by atoms with Crippen molar-refractivity contribution < 1.29 is 4.21 Å². The van der Waals surface area contributed by atoms with Crippen molar-refractivity contribution >= 4 is 22.6 Å². The molecule has 0 spiro atoms. The maximum atomic E-state index is 12.2. The van der Waals surface area contributed by atoms with Crippen LogP contribution >= 0.6 is 11.8 Å². The SMILES string of the molecule is O=[S@@](CCSc1nccn1-c1ccccc1)c1ccccc1. The zero-order valence-electron chi connectivity index (χ0n) is 12.0. The van der Waals surface area contributed by atoms with Crippen LogP contribution in [0, 0.1) is 0 Å². The fourth-order valence-corrected chi connectivity index (χ4v) is 4.34. The number of hydrogen-bond acceptors (Lipinski definition) is 3. The standard InChI is InChI=1S/C17H16N2OS2/c20-22(16-9-5-2-6-10-16)14-13-21-17-18-11-12-19(17)15-7-3-1-4-8-15/h1-12H,13-14H2/t22-/m0/s1. The Morgan fingerprint density at radius 1 is 1.00 bits per heavy atom. The Morgan fingerprint density at radius 2 is 1.68 bits per heavy atom. The Kier molecular flexibility index (Phi) is 5.08. The van der Waals surface area contributed by atoms with Gasteiger partial charge >= 0.3 is 0 Å². The molecule has 3 rings (SSSR count). The molecule has 1 heterocycles. The van der Waals surface area contributed by atoms with Crippen molar-refractivity contribution in [3.63, 3.8) is 0 Å². The normalized spacial score (nSPS) is 12.2. The van der Waals surface area contributed by atoms with Crippen molar-refractivity contribution in [2.24, 2.45) is 0 Å². The van der Waals surface area contributed by atoms with Gasteiger partial charge in [-0.05, 0) is 24.3 Å². The lowest BCUT2D eigenvalue weighted by atomic mass is 10.3. The Hall–Kier alpha value is -1.85. The number of imidazole rings is 1. The van der Waals surface area contributed by atoms with E-state index in [1.807, 2.05) is 66.9 Å². The highest BCUT2D eigenvalue weighted by Crippen LogP contribution is 2.20. The van der Waals surface area contributed by atoms with Gasteiger partial charge in [-0.25, -0.2) is 4.98 Å². The number of nitrogens with zero attached hydrogens (tertiary/aromatic N) is 2. The Morgan fingerprint density at radius 3 is 2.41 bits per heavy atom. The number of benzene rings is 2. The van der Waals surface area contributed by atoms with Gasteiger partial charge in [-0.1, -0.05) is 48.2 Å². The van der Waals surface area contributed by atoms with Crippen molar-refractivity contribution in [2.75, 3.05) is 11.5 Å². The van der Waals surface area contributed by atoms with Gasteiger partial charge in [0, 0.05) is 34.5 Å². The Bertz CT molecular complexity index is 742. The molecule has 1 atom stereocenters. The molecule has 0 aliphatic carbocycles. The quantitative estimate of drug-likeness (QED) is 0.646. The van der Waals surface area contributed by atoms with Gasteiger partial charge in [-0.3, -0.25) is 8.78 Å². The highest BCUT2D eigenvalue weighted by atomic mass is 32.2. The summed E-state index contributed by atoms with van der Waals surface area (Å²) in [6, 6.07) is 19.7. The smallest absolute Gasteiger partial charge is 0.172 e. The van der Waals surface area contributed by atoms with E-state index >= 15 is 0 Å². The second kappa shape index (κ2) is 7.42. The molecule has 112 valence electrons. The molecular weight excluding hydrogens is 312 g/mol. The van der Waals surface area contributed by atoms with Crippen molar-refractivity contribution in [3.8, 4) is 5.69 Å². The Labute approximate surface area is 136 Å². The van der Waals surface area contributed by atoms with E-state index in [4.69, 9.17) is 0 Å². The number of thioether (sulfide) groups is 1. The summed E-state index contributed by atoms with van der Waals surface area (Å²) >= 11 is 1.63. The molecule has 3 aromatic rings. The maximum Gasteiger partial charge on any atom is 0.172 e. The minimum Gasteiger partial charge on any atom is -0.295 e. The van der Waals surface area contributed by atoms with Crippen LogP contribution in [0.2, 0.25) is 0 Å². The van der Waals surface area contributed by atoms with Crippen molar-refractivity contribution in [1.29, 1.82) is 0 Å². The molecule has 0 saturated carbocycles. The third-order valence-corrected chi connectivity index (χ3v) is 5.75. The van der Waals surface area contributed by atoms with Crippen LogP contribution in [0.5, 0.6) is 0 Å². The van der Waals surface area contributed by atoms with E-state index < -0.39 is 10.8 Å². The molecule has 0 N–H and O–H groups in total. The highest BCUT2D eigenvalue weighted by Gasteiger charge is 2.07. The van der Waals surface area contributed by atoms with Crippen LogP contribution in [0.1, 0.15) is 0 Å². The van der Waals surface area contributed by atoms with Crippen LogP contribution in [0.4, 0.5) is 0 Å². The van der Waals surface area contributed by atoms with Gasteiger partial charge in [0.05, 0.1) is 10.8 Å². The number of para-hydroxylation sites is 1. The van der Waals surface area contributed by atoms with Crippen LogP contribution in [0.15, 0.2) is 83.1 Å². The van der Waals surface area contributed by atoms with Gasteiger partial charge in [-0.2, -0.15) is 0 Å². The maximum absolute atomic E-state index is 12.2. The monoisotopic (exact) mass is 328 g/mol. The third-order valence-electron chi connectivity index (χ3n) is 3.15. The second-order valence-corrected chi connectivity index (χ2v) is 7.26. The summed E-state index contributed by atoms with van der Waals surface area (Å²) < 4.78 is 14.3. The van der Waals surface area contributed by atoms with Gasteiger partial charge < -0.3 is 0 Å². The first-order chi connectivity index (χ1) is 10.8. The fourth-order valence-electron chi connectivity index (χ4n) is 2.08. The van der Waals surface area contributed by atoms with E-state index in [0.29, 0.717) is 5.75 Å². The summed E-state index contributed by atoms with van der Waals surface area (Å²) in [6.07, 6.45) is 3.75. The number of aromatic nitrogens is 2. The zero-order valence-corrected chi connectivity index (χ0v) is 13.6. The molecule has 0 fully saturated rings. The minimum absolute atomic E-state index is 0.621. The summed E-state index contributed by atoms with van der Waals surface area (Å²) in [5.41, 5.74) is 1.09. The molecule has 0 saturated heterocycles. The Balaban J connectivity index is 1.61. The van der Waals surface area contributed by atoms with E-state index in [1.165, 1.54) is 0 Å². The minimum atomic E-state index is -0.954. The molecule has 0 aliphatic heterocycles. The molecule has 0 amide bonds. The van der Waals surface area contributed by atoms with E-state index in [0.717, 1.165) is 21.5 Å². The molecule has 1 aromatic heterocycles. The fraction of sp³-hybridized carbons (Fsp3) is 0.118. The van der Waals surface area contributed by atoms with Crippen LogP contribution in [0.3, 0.4) is 0 Å². The molecule has 0 bridgehead atoms. The largest absolute Gasteiger partial charge is 0.295 e. The average Bonchev–Trinajstić information content (AvgIpc) is 3.05. The summed E-state index contributed by atoms with van der Waals surface area (Å²) in [7, 11) is -0.954. The summed E-state index contributed by atoms with van der Waals surface area (Å²) in [4.78, 5) is 5.27. The zero-order chi connectivity index (χ0) is 15.2. The van der Waals surface area contributed by atoms with Gasteiger partial charge in [0.25, 0.3) is 0 Å². The summed E-state index contributed by atoms with van der Waals surface area (Å²) in [5.74, 6) is 1.39. The molecule has 0 aliphatic rings. The van der Waals surface area contributed by atoms with Gasteiger partial charge in [-0.15, -0.1) is 0 Å². The van der Waals surface area contributed by atoms with Crippen LogP contribution < -0.4 is 0 Å². The molecule has 0 unspecified atom stereocenters. The number of hydrogen-bond donors (Lipinski definition) is 0. The van der Waals surface area contributed by atoms with E-state index in [9.17, 15) is 4.21 Å². The second-order valence-electron chi connectivity index (χ2n) is 4.63. The van der Waals surface area contributed by atoms with Gasteiger partial charge in [0.1, 0.15) is 0 Å². The predicted molar refractivity (Wildman–Crippen MR) is 92.0 cm³/mol. The lowest BCUT2D eigenvalue weighted by Crippen LogP contribution is -2.02. The van der Waals surface area contributed by atoms with E-state index in [-0.39, 0.29) is 0 Å². The van der Waals surface area contributed by atoms with Gasteiger partial charge in [0.15, 0.2) is 5.16 Å². The highest BCUT2D eigenvalue weighted by molar-refractivity contribution is 8.00. The summed E-state index contributed by atoms with van der Waals surface area (Å²) in [6.45, 7) is 0. The van der Waals surface area contributed by atoms with Crippen molar-refractivity contribution in [3.05, 3.63) is 73.1 Å². The molecule has 5 heteroatoms. The first-order valence-electron chi connectivity index (χ1n) is 6.99. The molecule has 0 radical (unpaired) electrons. The molecular formula is C17H16N2OS2. The lowest BCUT2D eigenvalue weighted by molar-refractivity contribution is 0.684. The van der Waals surface area contributed by atoms with Gasteiger partial charge in [0.2, 0.25) is 0 Å². The topological polar surface area (TPSA) is 34.9 Å². The summed E-state index contributed by atoms with van der Waals surface area (Å²) in [5, 5.41) is 0.927. The molecule has 2 aromatic carbocycles. The predicted octanol–water partition coefficient (Wildman–Crippen LogP) is 3.77. The van der Waals surface area contributed by atoms with Crippen LogP contribution in [0.25, 0.3) is 5.69 Å². The first-order valence-corrected chi connectivity index (χ1v) is 9.30. The van der Waals surface area contributed by atoms with Crippen molar-refractivity contribution in [1.82, 2.24) is 9.55 Å². The average molecular weight is 328 g/mol. The lowest BCUT2D eigenvalue weighted by Gasteiger charge is -2.07. The third kappa shape index (κ3) is 3.67. The molecule has 3 nitrogen and oxygen atoms in total. The van der Waals surface area contributed by atoms with Crippen LogP contribution in [-0.2, 0) is 10.8 Å². The number of rotatable bonds is 6. The van der Waals surface area contributed by atoms with E-state index in [1.54, 1.807) is 18.0 Å². The van der Waals surface area contributed by atoms with Crippen LogP contribution in [-0.4, -0.2) is 25.3 Å². The van der Waals surface area contributed by atoms with E-state index in [2.05, 4.69) is 9.55 Å².